The van der Waals surface area contributed by atoms with Crippen LogP contribution in [-0.4, -0.2) is 15.4 Å². The Balaban J connectivity index is 2.48. The van der Waals surface area contributed by atoms with E-state index in [0.29, 0.717) is 0 Å². The van der Waals surface area contributed by atoms with E-state index in [2.05, 4.69) is 29.3 Å². The minimum Gasteiger partial charge on any atom is -0.265 e. The summed E-state index contributed by atoms with van der Waals surface area (Å²) >= 11 is 0. The monoisotopic (exact) mass is 124 g/mol. The molecule has 0 unspecified atom stereocenters. The molecule has 49 valence electrons. The minimum atomic E-state index is 0.927. The van der Waals surface area contributed by atoms with Crippen molar-refractivity contribution < 1.29 is 0 Å². The smallest absolute Gasteiger partial charge is 0.0829 e. The van der Waals surface area contributed by atoms with Gasteiger partial charge < -0.3 is 0 Å². The van der Waals surface area contributed by atoms with Crippen molar-refractivity contribution in [1.29, 1.82) is 0 Å². The lowest BCUT2D eigenvalue weighted by atomic mass is 10.1. The van der Waals surface area contributed by atoms with Gasteiger partial charge in [-0.25, -0.2) is 0 Å². The SMILES string of the molecule is C[C](C)Cc1c[nH]nn1. The van der Waals surface area contributed by atoms with E-state index in [4.69, 9.17) is 0 Å². The van der Waals surface area contributed by atoms with Gasteiger partial charge in [-0.05, 0) is 12.3 Å². The quantitative estimate of drug-likeness (QED) is 0.638. The third-order valence-corrected chi connectivity index (χ3v) is 1.00. The molecule has 1 heterocycles. The zero-order valence-electron chi connectivity index (χ0n) is 5.68. The van der Waals surface area contributed by atoms with Gasteiger partial charge in [-0.1, -0.05) is 19.1 Å². The number of nitrogens with zero attached hydrogens (tertiary/aromatic N) is 2. The van der Waals surface area contributed by atoms with E-state index in [1.54, 1.807) is 0 Å². The van der Waals surface area contributed by atoms with Gasteiger partial charge in [0.2, 0.25) is 0 Å². The van der Waals surface area contributed by atoms with Crippen molar-refractivity contribution in [3.63, 3.8) is 0 Å². The molecule has 1 N–H and O–H groups in total. The maximum absolute atomic E-state index is 3.83. The van der Waals surface area contributed by atoms with Gasteiger partial charge in [0.15, 0.2) is 0 Å². The van der Waals surface area contributed by atoms with E-state index in [1.807, 2.05) is 6.20 Å². The molecular weight excluding hydrogens is 114 g/mol. The van der Waals surface area contributed by atoms with Crippen molar-refractivity contribution in [2.75, 3.05) is 0 Å². The highest BCUT2D eigenvalue weighted by atomic mass is 15.3. The summed E-state index contributed by atoms with van der Waals surface area (Å²) in [6.45, 7) is 4.16. The molecule has 0 atom stereocenters. The summed E-state index contributed by atoms with van der Waals surface area (Å²) in [6.07, 6.45) is 2.74. The third kappa shape index (κ3) is 1.83. The predicted octanol–water partition coefficient (Wildman–Crippen LogP) is 0.961. The van der Waals surface area contributed by atoms with Crippen molar-refractivity contribution in [3.8, 4) is 0 Å². The van der Waals surface area contributed by atoms with E-state index in [9.17, 15) is 0 Å². The second kappa shape index (κ2) is 2.62. The molecule has 0 bridgehead atoms. The summed E-state index contributed by atoms with van der Waals surface area (Å²) in [5.74, 6) is 1.35. The summed E-state index contributed by atoms with van der Waals surface area (Å²) in [6, 6.07) is 0. The molecule has 0 fully saturated rings. The molecule has 1 aromatic heterocycles. The molecule has 0 amide bonds. The predicted molar refractivity (Wildman–Crippen MR) is 34.7 cm³/mol. The summed E-state index contributed by atoms with van der Waals surface area (Å²) in [7, 11) is 0. The van der Waals surface area contributed by atoms with Crippen molar-refractivity contribution in [2.45, 2.75) is 20.3 Å². The fourth-order valence-corrected chi connectivity index (χ4v) is 0.674. The Morgan fingerprint density at radius 2 is 2.44 bits per heavy atom. The Kier molecular flexibility index (Phi) is 1.82. The van der Waals surface area contributed by atoms with Crippen LogP contribution in [0.1, 0.15) is 19.5 Å². The highest BCUT2D eigenvalue weighted by molar-refractivity contribution is 4.99. The fourth-order valence-electron chi connectivity index (χ4n) is 0.674. The Morgan fingerprint density at radius 1 is 1.67 bits per heavy atom. The maximum Gasteiger partial charge on any atom is 0.0829 e. The summed E-state index contributed by atoms with van der Waals surface area (Å²) < 4.78 is 0. The first-order valence-corrected chi connectivity index (χ1v) is 2.93. The van der Waals surface area contributed by atoms with Gasteiger partial charge in [0.1, 0.15) is 0 Å². The molecule has 1 aromatic rings. The van der Waals surface area contributed by atoms with E-state index in [-0.39, 0.29) is 0 Å². The molecule has 0 aliphatic heterocycles. The van der Waals surface area contributed by atoms with Crippen molar-refractivity contribution in [2.24, 2.45) is 0 Å². The number of rotatable bonds is 2. The average molecular weight is 124 g/mol. The van der Waals surface area contributed by atoms with Crippen LogP contribution in [0, 0.1) is 5.92 Å². The summed E-state index contributed by atoms with van der Waals surface area (Å²) in [5.41, 5.74) is 1.01. The number of aromatic nitrogens is 3. The molecular formula is C6H10N3. The number of H-pyrrole nitrogens is 1. The van der Waals surface area contributed by atoms with Crippen LogP contribution in [0.4, 0.5) is 0 Å². The molecule has 9 heavy (non-hydrogen) atoms. The van der Waals surface area contributed by atoms with Crippen LogP contribution in [0.3, 0.4) is 0 Å². The molecule has 0 saturated carbocycles. The Bertz CT molecular complexity index is 155. The number of aromatic amines is 1. The number of nitrogens with one attached hydrogen (secondary N) is 1. The van der Waals surface area contributed by atoms with Gasteiger partial charge >= 0.3 is 0 Å². The molecule has 0 aliphatic carbocycles. The number of hydrogen-bond acceptors (Lipinski definition) is 2. The fraction of sp³-hybridized carbons (Fsp3) is 0.500. The molecule has 0 aliphatic rings. The van der Waals surface area contributed by atoms with Gasteiger partial charge in [0, 0.05) is 6.20 Å². The second-order valence-corrected chi connectivity index (χ2v) is 2.35. The molecule has 0 spiro atoms. The lowest BCUT2D eigenvalue weighted by Crippen LogP contribution is -1.91. The van der Waals surface area contributed by atoms with Crippen LogP contribution in [0.5, 0.6) is 0 Å². The first-order valence-electron chi connectivity index (χ1n) is 2.93. The zero-order valence-corrected chi connectivity index (χ0v) is 5.68. The third-order valence-electron chi connectivity index (χ3n) is 1.00. The largest absolute Gasteiger partial charge is 0.265 e. The van der Waals surface area contributed by atoms with Gasteiger partial charge in [-0.15, -0.1) is 5.10 Å². The topological polar surface area (TPSA) is 41.6 Å². The maximum atomic E-state index is 3.83. The first kappa shape index (κ1) is 6.26. The Labute approximate surface area is 54.5 Å². The van der Waals surface area contributed by atoms with E-state index in [0.717, 1.165) is 12.1 Å². The normalized spacial score (nSPS) is 10.6. The molecule has 3 heteroatoms. The van der Waals surface area contributed by atoms with Crippen LogP contribution in [0.25, 0.3) is 0 Å². The van der Waals surface area contributed by atoms with E-state index >= 15 is 0 Å². The zero-order chi connectivity index (χ0) is 6.69. The standard InChI is InChI=1S/C6H10N3/c1-5(2)3-6-4-7-9-8-6/h4H,3H2,1-2H3,(H,7,8,9). The van der Waals surface area contributed by atoms with Crippen LogP contribution in [0.2, 0.25) is 0 Å². The van der Waals surface area contributed by atoms with Crippen LogP contribution >= 0.6 is 0 Å². The van der Waals surface area contributed by atoms with Crippen molar-refractivity contribution in [1.82, 2.24) is 15.4 Å². The first-order chi connectivity index (χ1) is 4.29. The Morgan fingerprint density at radius 3 is 2.89 bits per heavy atom. The summed E-state index contributed by atoms with van der Waals surface area (Å²) in [5, 5.41) is 10.1. The van der Waals surface area contributed by atoms with Crippen molar-refractivity contribution >= 4 is 0 Å². The highest BCUT2D eigenvalue weighted by Gasteiger charge is 1.98. The molecule has 3 nitrogen and oxygen atoms in total. The molecule has 1 radical (unpaired) electrons. The lowest BCUT2D eigenvalue weighted by Gasteiger charge is -1.95. The van der Waals surface area contributed by atoms with Gasteiger partial charge in [0.25, 0.3) is 0 Å². The van der Waals surface area contributed by atoms with Crippen LogP contribution < -0.4 is 0 Å². The highest BCUT2D eigenvalue weighted by Crippen LogP contribution is 2.03. The van der Waals surface area contributed by atoms with Crippen LogP contribution in [-0.2, 0) is 6.42 Å². The molecule has 0 saturated heterocycles. The molecule has 0 aromatic carbocycles. The minimum absolute atomic E-state index is 0.927. The average Bonchev–Trinajstić information content (AvgIpc) is 2.15. The van der Waals surface area contributed by atoms with Gasteiger partial charge in [-0.3, -0.25) is 5.10 Å². The van der Waals surface area contributed by atoms with Gasteiger partial charge in [-0.2, -0.15) is 0 Å². The second-order valence-electron chi connectivity index (χ2n) is 2.35. The summed E-state index contributed by atoms with van der Waals surface area (Å²) in [4.78, 5) is 0. The van der Waals surface area contributed by atoms with Crippen LogP contribution in [0.15, 0.2) is 6.20 Å². The van der Waals surface area contributed by atoms with Crippen molar-refractivity contribution in [3.05, 3.63) is 17.8 Å². The van der Waals surface area contributed by atoms with E-state index < -0.39 is 0 Å². The van der Waals surface area contributed by atoms with E-state index in [1.165, 1.54) is 5.92 Å². The molecule has 1 rings (SSSR count). The Hall–Kier alpha value is -0.860. The number of hydrogen-bond donors (Lipinski definition) is 1. The lowest BCUT2D eigenvalue weighted by molar-refractivity contribution is 0.875. The van der Waals surface area contributed by atoms with Gasteiger partial charge in [0.05, 0.1) is 5.69 Å².